The molecule has 3 nitrogen and oxygen atoms in total. The zero-order chi connectivity index (χ0) is 13.1. The van der Waals surface area contributed by atoms with Crippen LogP contribution in [-0.2, 0) is 0 Å². The summed E-state index contributed by atoms with van der Waals surface area (Å²) in [4.78, 5) is 0. The highest BCUT2D eigenvalue weighted by Gasteiger charge is 2.25. The summed E-state index contributed by atoms with van der Waals surface area (Å²) in [5.74, 6) is 3.61. The van der Waals surface area contributed by atoms with Gasteiger partial charge in [-0.2, -0.15) is 0 Å². The van der Waals surface area contributed by atoms with Gasteiger partial charge in [0, 0.05) is 0 Å². The lowest BCUT2D eigenvalue weighted by atomic mass is 9.95. The number of methoxy groups -OCH3 is 3. The first-order valence-corrected chi connectivity index (χ1v) is 6.49. The van der Waals surface area contributed by atoms with E-state index in [9.17, 15) is 0 Å². The van der Waals surface area contributed by atoms with Crippen LogP contribution in [0.25, 0.3) is 0 Å². The van der Waals surface area contributed by atoms with Gasteiger partial charge in [0.25, 0.3) is 0 Å². The Hall–Kier alpha value is -1.38. The molecule has 1 atom stereocenters. The van der Waals surface area contributed by atoms with Crippen molar-refractivity contribution in [2.75, 3.05) is 21.3 Å². The molecule has 0 bridgehead atoms. The van der Waals surface area contributed by atoms with Crippen molar-refractivity contribution in [1.29, 1.82) is 0 Å². The molecule has 0 radical (unpaired) electrons. The van der Waals surface area contributed by atoms with Gasteiger partial charge in [-0.3, -0.25) is 0 Å². The van der Waals surface area contributed by atoms with Gasteiger partial charge in [-0.05, 0) is 36.0 Å². The Bertz CT molecular complexity index is 385. The van der Waals surface area contributed by atoms with Crippen molar-refractivity contribution in [2.24, 2.45) is 5.92 Å². The molecule has 3 heteroatoms. The van der Waals surface area contributed by atoms with E-state index in [0.717, 1.165) is 17.4 Å². The van der Waals surface area contributed by atoms with Crippen molar-refractivity contribution < 1.29 is 14.2 Å². The van der Waals surface area contributed by atoms with Crippen LogP contribution in [0.4, 0.5) is 0 Å². The number of rotatable bonds is 6. The smallest absolute Gasteiger partial charge is 0.203 e. The molecule has 1 aromatic rings. The van der Waals surface area contributed by atoms with Crippen LogP contribution in [0, 0.1) is 5.92 Å². The first kappa shape index (κ1) is 13.1. The monoisotopic (exact) mass is 250 g/mol. The second kappa shape index (κ2) is 5.51. The zero-order valence-corrected chi connectivity index (χ0v) is 11.7. The Balaban J connectivity index is 2.29. The molecular formula is C15H22O3. The van der Waals surface area contributed by atoms with Crippen molar-refractivity contribution in [2.45, 2.75) is 32.1 Å². The van der Waals surface area contributed by atoms with Gasteiger partial charge >= 0.3 is 0 Å². The van der Waals surface area contributed by atoms with Crippen molar-refractivity contribution in [3.8, 4) is 17.2 Å². The molecule has 1 saturated carbocycles. The molecule has 0 unspecified atom stereocenters. The van der Waals surface area contributed by atoms with Crippen LogP contribution >= 0.6 is 0 Å². The summed E-state index contributed by atoms with van der Waals surface area (Å²) in [6.07, 6.45) is 4.02. The summed E-state index contributed by atoms with van der Waals surface area (Å²) in [7, 11) is 4.95. The maximum atomic E-state index is 5.39. The number of hydrogen-bond donors (Lipinski definition) is 0. The van der Waals surface area contributed by atoms with Crippen LogP contribution in [0.5, 0.6) is 17.2 Å². The average molecular weight is 250 g/mol. The van der Waals surface area contributed by atoms with Gasteiger partial charge in [0.15, 0.2) is 11.5 Å². The molecule has 0 N–H and O–H groups in total. The van der Waals surface area contributed by atoms with Crippen molar-refractivity contribution in [3.63, 3.8) is 0 Å². The summed E-state index contributed by atoms with van der Waals surface area (Å²) < 4.78 is 16.1. The Morgan fingerprint density at radius 3 is 2.00 bits per heavy atom. The van der Waals surface area contributed by atoms with Crippen molar-refractivity contribution in [3.05, 3.63) is 17.7 Å². The third-order valence-corrected chi connectivity index (χ3v) is 3.64. The predicted molar refractivity (Wildman–Crippen MR) is 71.9 cm³/mol. The molecule has 0 saturated heterocycles. The Morgan fingerprint density at radius 2 is 1.61 bits per heavy atom. The maximum Gasteiger partial charge on any atom is 0.203 e. The lowest BCUT2D eigenvalue weighted by Gasteiger charge is -2.17. The minimum Gasteiger partial charge on any atom is -0.493 e. The van der Waals surface area contributed by atoms with E-state index < -0.39 is 0 Å². The largest absolute Gasteiger partial charge is 0.493 e. The third kappa shape index (κ3) is 2.71. The van der Waals surface area contributed by atoms with Crippen LogP contribution < -0.4 is 14.2 Å². The normalized spacial score (nSPS) is 16.2. The quantitative estimate of drug-likeness (QED) is 0.771. The van der Waals surface area contributed by atoms with Crippen LogP contribution in [-0.4, -0.2) is 21.3 Å². The van der Waals surface area contributed by atoms with E-state index >= 15 is 0 Å². The van der Waals surface area contributed by atoms with Crippen molar-refractivity contribution in [1.82, 2.24) is 0 Å². The summed E-state index contributed by atoms with van der Waals surface area (Å²) in [6, 6.07) is 4.13. The van der Waals surface area contributed by atoms with Gasteiger partial charge in [-0.1, -0.05) is 19.8 Å². The maximum absolute atomic E-state index is 5.39. The molecule has 1 fully saturated rings. The Morgan fingerprint density at radius 1 is 1.06 bits per heavy atom. The fraction of sp³-hybridized carbons (Fsp3) is 0.600. The molecule has 0 amide bonds. The van der Waals surface area contributed by atoms with E-state index in [0.29, 0.717) is 11.7 Å². The second-order valence-corrected chi connectivity index (χ2v) is 5.04. The van der Waals surface area contributed by atoms with E-state index in [1.807, 2.05) is 0 Å². The fourth-order valence-electron chi connectivity index (χ4n) is 2.38. The zero-order valence-electron chi connectivity index (χ0n) is 11.7. The van der Waals surface area contributed by atoms with E-state index in [2.05, 4.69) is 19.1 Å². The summed E-state index contributed by atoms with van der Waals surface area (Å²) in [6.45, 7) is 2.26. The molecule has 1 aliphatic rings. The van der Waals surface area contributed by atoms with E-state index in [4.69, 9.17) is 14.2 Å². The standard InChI is InChI=1S/C15H22O3/c1-10(7-11-5-6-11)12-8-13(16-2)15(18-4)14(9-12)17-3/h8-11H,5-7H2,1-4H3/t10-/m1/s1. The van der Waals surface area contributed by atoms with Gasteiger partial charge < -0.3 is 14.2 Å². The lowest BCUT2D eigenvalue weighted by Crippen LogP contribution is -2.00. The SMILES string of the molecule is COc1cc([C@H](C)CC2CC2)cc(OC)c1OC. The molecule has 0 spiro atoms. The fourth-order valence-corrected chi connectivity index (χ4v) is 2.38. The minimum atomic E-state index is 0.534. The summed E-state index contributed by atoms with van der Waals surface area (Å²) >= 11 is 0. The first-order chi connectivity index (χ1) is 8.69. The van der Waals surface area contributed by atoms with E-state index in [1.54, 1.807) is 21.3 Å². The second-order valence-electron chi connectivity index (χ2n) is 5.04. The minimum absolute atomic E-state index is 0.534. The average Bonchev–Trinajstić information content (AvgIpc) is 3.20. The first-order valence-electron chi connectivity index (χ1n) is 6.49. The molecule has 18 heavy (non-hydrogen) atoms. The Kier molecular flexibility index (Phi) is 4.00. The van der Waals surface area contributed by atoms with Gasteiger partial charge in [-0.15, -0.1) is 0 Å². The summed E-state index contributed by atoms with van der Waals surface area (Å²) in [5.41, 5.74) is 1.26. The third-order valence-electron chi connectivity index (χ3n) is 3.64. The summed E-state index contributed by atoms with van der Waals surface area (Å²) in [5, 5.41) is 0. The lowest BCUT2D eigenvalue weighted by molar-refractivity contribution is 0.323. The Labute approximate surface area is 109 Å². The van der Waals surface area contributed by atoms with Crippen LogP contribution in [0.15, 0.2) is 12.1 Å². The van der Waals surface area contributed by atoms with Crippen LogP contribution in [0.2, 0.25) is 0 Å². The highest BCUT2D eigenvalue weighted by Crippen LogP contribution is 2.43. The van der Waals surface area contributed by atoms with Gasteiger partial charge in [0.05, 0.1) is 21.3 Å². The number of benzene rings is 1. The van der Waals surface area contributed by atoms with Gasteiger partial charge in [0.2, 0.25) is 5.75 Å². The van der Waals surface area contributed by atoms with Crippen LogP contribution in [0.1, 0.15) is 37.7 Å². The van der Waals surface area contributed by atoms with Gasteiger partial charge in [-0.25, -0.2) is 0 Å². The van der Waals surface area contributed by atoms with E-state index in [1.165, 1.54) is 24.8 Å². The van der Waals surface area contributed by atoms with E-state index in [-0.39, 0.29) is 0 Å². The molecule has 1 aromatic carbocycles. The number of hydrogen-bond acceptors (Lipinski definition) is 3. The molecule has 1 aliphatic carbocycles. The predicted octanol–water partition coefficient (Wildman–Crippen LogP) is 3.62. The molecule has 0 aromatic heterocycles. The molecule has 0 aliphatic heterocycles. The molecule has 100 valence electrons. The van der Waals surface area contributed by atoms with Gasteiger partial charge in [0.1, 0.15) is 0 Å². The molecule has 2 rings (SSSR count). The van der Waals surface area contributed by atoms with Crippen LogP contribution in [0.3, 0.4) is 0 Å². The number of ether oxygens (including phenoxy) is 3. The topological polar surface area (TPSA) is 27.7 Å². The molecular weight excluding hydrogens is 228 g/mol. The van der Waals surface area contributed by atoms with Crippen molar-refractivity contribution >= 4 is 0 Å². The highest BCUT2D eigenvalue weighted by atomic mass is 16.5. The highest BCUT2D eigenvalue weighted by molar-refractivity contribution is 5.54. The molecule has 0 heterocycles.